The molecule has 3 N–H and O–H groups in total. The molecule has 5 heteroatoms. The second kappa shape index (κ2) is 8.42. The van der Waals surface area contributed by atoms with Crippen LogP contribution in [0.25, 0.3) is 0 Å². The van der Waals surface area contributed by atoms with Gasteiger partial charge in [-0.2, -0.15) is 0 Å². The Morgan fingerprint density at radius 2 is 1.63 bits per heavy atom. The molecule has 0 bridgehead atoms. The molecule has 2 fully saturated rings. The van der Waals surface area contributed by atoms with E-state index in [1.165, 1.54) is 36.8 Å². The number of hydrogen-bond donors (Lipinski definition) is 3. The molecule has 1 aromatic carbocycles. The van der Waals surface area contributed by atoms with Crippen molar-refractivity contribution in [2.75, 3.05) is 18.4 Å². The molecule has 0 radical (unpaired) electrons. The molecule has 2 atom stereocenters. The van der Waals surface area contributed by atoms with Gasteiger partial charge in [-0.3, -0.25) is 9.59 Å². The van der Waals surface area contributed by atoms with Crippen LogP contribution in [0.2, 0.25) is 0 Å². The maximum Gasteiger partial charge on any atom is 0.228 e. The molecule has 2 aliphatic carbocycles. The van der Waals surface area contributed by atoms with Crippen LogP contribution in [0.5, 0.6) is 0 Å². The summed E-state index contributed by atoms with van der Waals surface area (Å²) in [4.78, 5) is 25.4. The summed E-state index contributed by atoms with van der Waals surface area (Å²) in [6.45, 7) is 1.31. The third kappa shape index (κ3) is 4.52. The summed E-state index contributed by atoms with van der Waals surface area (Å²) >= 11 is 0. The topological polar surface area (TPSA) is 70.2 Å². The van der Waals surface area contributed by atoms with Crippen LogP contribution >= 0.6 is 0 Å². The molecule has 1 aromatic rings. The molecule has 146 valence electrons. The normalized spacial score (nSPS) is 25.6. The number of nitrogens with one attached hydrogen (secondary N) is 3. The van der Waals surface area contributed by atoms with Crippen molar-refractivity contribution in [1.29, 1.82) is 0 Å². The van der Waals surface area contributed by atoms with Crippen LogP contribution < -0.4 is 16.0 Å². The number of benzene rings is 1. The van der Waals surface area contributed by atoms with Crippen LogP contribution in [-0.4, -0.2) is 30.9 Å². The Labute approximate surface area is 161 Å². The number of rotatable bonds is 4. The molecule has 1 saturated heterocycles. The lowest BCUT2D eigenvalue weighted by Gasteiger charge is -2.31. The maximum absolute atomic E-state index is 12.7. The fourth-order valence-corrected chi connectivity index (χ4v) is 4.80. The number of piperidine rings is 1. The average Bonchev–Trinajstić information content (AvgIpc) is 3.16. The number of aryl methyl sites for hydroxylation is 2. The lowest BCUT2D eigenvalue weighted by molar-refractivity contribution is -0.128. The van der Waals surface area contributed by atoms with Crippen LogP contribution in [-0.2, 0) is 22.4 Å². The molecule has 1 aliphatic heterocycles. The first-order valence-corrected chi connectivity index (χ1v) is 10.6. The number of hydrogen-bond acceptors (Lipinski definition) is 3. The van der Waals surface area contributed by atoms with E-state index in [1.807, 2.05) is 6.07 Å². The molecule has 0 aromatic heterocycles. The van der Waals surface area contributed by atoms with Crippen molar-refractivity contribution in [3.63, 3.8) is 0 Å². The van der Waals surface area contributed by atoms with Gasteiger partial charge in [0.1, 0.15) is 0 Å². The second-order valence-corrected chi connectivity index (χ2v) is 8.46. The first-order valence-electron chi connectivity index (χ1n) is 10.6. The summed E-state index contributed by atoms with van der Waals surface area (Å²) in [5.41, 5.74) is 3.65. The zero-order chi connectivity index (χ0) is 18.6. The van der Waals surface area contributed by atoms with E-state index in [0.717, 1.165) is 31.4 Å². The lowest BCUT2D eigenvalue weighted by atomic mass is 9.88. The minimum absolute atomic E-state index is 0.0237. The zero-order valence-corrected chi connectivity index (χ0v) is 16.1. The van der Waals surface area contributed by atoms with Gasteiger partial charge in [0.2, 0.25) is 11.8 Å². The van der Waals surface area contributed by atoms with Crippen molar-refractivity contribution in [3.05, 3.63) is 29.3 Å². The zero-order valence-electron chi connectivity index (χ0n) is 16.1. The molecule has 1 heterocycles. The number of carbonyl (C=O) groups excluding carboxylic acids is 2. The SMILES string of the molecule is O=C(Nc1ccc2c(c1)CCC2)[C@H]1CNC[C@@H](C(=O)NC2CCCCC2)C1. The van der Waals surface area contributed by atoms with Gasteiger partial charge in [0.25, 0.3) is 0 Å². The molecule has 1 saturated carbocycles. The van der Waals surface area contributed by atoms with Gasteiger partial charge in [-0.1, -0.05) is 25.3 Å². The first kappa shape index (κ1) is 18.5. The molecule has 5 nitrogen and oxygen atoms in total. The number of anilines is 1. The molecular weight excluding hydrogens is 338 g/mol. The summed E-state index contributed by atoms with van der Waals surface area (Å²) in [5, 5.41) is 9.58. The van der Waals surface area contributed by atoms with E-state index >= 15 is 0 Å². The molecule has 3 aliphatic rings. The summed E-state index contributed by atoms with van der Waals surface area (Å²) in [6.07, 6.45) is 9.96. The Morgan fingerprint density at radius 3 is 2.44 bits per heavy atom. The summed E-state index contributed by atoms with van der Waals surface area (Å²) in [7, 11) is 0. The predicted molar refractivity (Wildman–Crippen MR) is 107 cm³/mol. The number of carbonyl (C=O) groups is 2. The Kier molecular flexibility index (Phi) is 5.77. The van der Waals surface area contributed by atoms with Crippen LogP contribution in [0.15, 0.2) is 18.2 Å². The highest BCUT2D eigenvalue weighted by molar-refractivity contribution is 5.93. The van der Waals surface area contributed by atoms with E-state index < -0.39 is 0 Å². The van der Waals surface area contributed by atoms with Crippen molar-refractivity contribution in [2.24, 2.45) is 11.8 Å². The smallest absolute Gasteiger partial charge is 0.228 e. The van der Waals surface area contributed by atoms with E-state index in [4.69, 9.17) is 0 Å². The van der Waals surface area contributed by atoms with Crippen LogP contribution in [0.3, 0.4) is 0 Å². The first-order chi connectivity index (χ1) is 13.2. The third-order valence-electron chi connectivity index (χ3n) is 6.41. The van der Waals surface area contributed by atoms with Crippen molar-refractivity contribution < 1.29 is 9.59 Å². The van der Waals surface area contributed by atoms with Gasteiger partial charge in [-0.15, -0.1) is 0 Å². The minimum Gasteiger partial charge on any atom is -0.353 e. The highest BCUT2D eigenvalue weighted by Gasteiger charge is 2.32. The summed E-state index contributed by atoms with van der Waals surface area (Å²) in [5.74, 6) is -0.134. The quantitative estimate of drug-likeness (QED) is 0.764. The monoisotopic (exact) mass is 369 g/mol. The lowest BCUT2D eigenvalue weighted by Crippen LogP contribution is -2.49. The van der Waals surface area contributed by atoms with Gasteiger partial charge in [0.05, 0.1) is 11.8 Å². The fourth-order valence-electron chi connectivity index (χ4n) is 4.80. The Morgan fingerprint density at radius 1 is 0.889 bits per heavy atom. The van der Waals surface area contributed by atoms with Crippen LogP contribution in [0.1, 0.15) is 56.1 Å². The largest absolute Gasteiger partial charge is 0.353 e. The molecule has 0 unspecified atom stereocenters. The number of fused-ring (bicyclic) bond motifs is 1. The van der Waals surface area contributed by atoms with E-state index in [0.29, 0.717) is 25.6 Å². The predicted octanol–water partition coefficient (Wildman–Crippen LogP) is 2.79. The Hall–Kier alpha value is -1.88. The van der Waals surface area contributed by atoms with Crippen LogP contribution in [0, 0.1) is 11.8 Å². The van der Waals surface area contributed by atoms with E-state index in [-0.39, 0.29) is 23.7 Å². The Balaban J connectivity index is 1.31. The van der Waals surface area contributed by atoms with Crippen molar-refractivity contribution in [3.8, 4) is 0 Å². The van der Waals surface area contributed by atoms with Gasteiger partial charge in [-0.25, -0.2) is 0 Å². The molecule has 27 heavy (non-hydrogen) atoms. The van der Waals surface area contributed by atoms with Gasteiger partial charge in [0, 0.05) is 24.8 Å². The van der Waals surface area contributed by atoms with Crippen molar-refractivity contribution >= 4 is 17.5 Å². The van der Waals surface area contributed by atoms with Gasteiger partial charge < -0.3 is 16.0 Å². The molecule has 0 spiro atoms. The number of amides is 2. The van der Waals surface area contributed by atoms with Gasteiger partial charge in [-0.05, 0) is 61.8 Å². The highest BCUT2D eigenvalue weighted by Crippen LogP contribution is 2.26. The second-order valence-electron chi connectivity index (χ2n) is 8.46. The van der Waals surface area contributed by atoms with E-state index in [9.17, 15) is 9.59 Å². The molecule has 2 amide bonds. The summed E-state index contributed by atoms with van der Waals surface area (Å²) in [6, 6.07) is 6.58. The van der Waals surface area contributed by atoms with Crippen LogP contribution in [0.4, 0.5) is 5.69 Å². The third-order valence-corrected chi connectivity index (χ3v) is 6.41. The Bertz CT molecular complexity index is 697. The fraction of sp³-hybridized carbons (Fsp3) is 0.636. The van der Waals surface area contributed by atoms with Gasteiger partial charge >= 0.3 is 0 Å². The maximum atomic E-state index is 12.7. The van der Waals surface area contributed by atoms with E-state index in [1.54, 1.807) is 0 Å². The minimum atomic E-state index is -0.158. The van der Waals surface area contributed by atoms with Crippen molar-refractivity contribution in [1.82, 2.24) is 10.6 Å². The average molecular weight is 370 g/mol. The van der Waals surface area contributed by atoms with E-state index in [2.05, 4.69) is 28.1 Å². The highest BCUT2D eigenvalue weighted by atomic mass is 16.2. The molecule has 4 rings (SSSR count). The van der Waals surface area contributed by atoms with Gasteiger partial charge in [0.15, 0.2) is 0 Å². The summed E-state index contributed by atoms with van der Waals surface area (Å²) < 4.78 is 0. The molecular formula is C22H31N3O2. The standard InChI is InChI=1S/C22H31N3O2/c26-21(24-19-7-2-1-3-8-19)17-11-18(14-23-13-17)22(27)25-20-10-9-15-5-4-6-16(15)12-20/h9-10,12,17-19,23H,1-8,11,13-14H2,(H,24,26)(H,25,27)/t17-,18+/m0/s1. The van der Waals surface area contributed by atoms with Crippen molar-refractivity contribution in [2.45, 2.75) is 63.8 Å².